The summed E-state index contributed by atoms with van der Waals surface area (Å²) in [7, 11) is 4.28. The molecule has 0 saturated carbocycles. The van der Waals surface area contributed by atoms with Crippen LogP contribution in [0.1, 0.15) is 10.4 Å². The zero-order chi connectivity index (χ0) is 23.5. The van der Waals surface area contributed by atoms with Crippen molar-refractivity contribution in [1.29, 1.82) is 0 Å². The molecule has 0 radical (unpaired) electrons. The Bertz CT molecular complexity index is 910. The van der Waals surface area contributed by atoms with Crippen molar-refractivity contribution in [3.8, 4) is 17.2 Å². The van der Waals surface area contributed by atoms with Crippen LogP contribution in [0.25, 0.3) is 0 Å². The predicted octanol–water partition coefficient (Wildman–Crippen LogP) is 3.08. The third kappa shape index (κ3) is 7.09. The molecule has 2 amide bonds. The normalized spacial score (nSPS) is 10.6. The summed E-state index contributed by atoms with van der Waals surface area (Å²) >= 11 is 0. The second kappa shape index (κ2) is 12.5. The minimum Gasteiger partial charge on any atom is -0.495 e. The molecule has 0 heterocycles. The molecule has 2 rings (SSSR count). The van der Waals surface area contributed by atoms with Crippen LogP contribution >= 0.6 is 0 Å². The largest absolute Gasteiger partial charge is 0.495 e. The minimum absolute atomic E-state index is 0.0172. The van der Waals surface area contributed by atoms with Crippen molar-refractivity contribution in [2.75, 3.05) is 52.9 Å². The van der Waals surface area contributed by atoms with Crippen LogP contribution in [0.4, 0.5) is 14.5 Å². The number of carbonyl (C=O) groups excluding carboxylic acids is 2. The van der Waals surface area contributed by atoms with E-state index in [9.17, 15) is 18.4 Å². The number of anilines is 1. The fourth-order valence-electron chi connectivity index (χ4n) is 2.82. The Balaban J connectivity index is 2.07. The molecule has 10 heteroatoms. The van der Waals surface area contributed by atoms with Gasteiger partial charge in [-0.05, 0) is 30.3 Å². The zero-order valence-corrected chi connectivity index (χ0v) is 18.1. The Morgan fingerprint density at radius 3 is 2.38 bits per heavy atom. The second-order valence-corrected chi connectivity index (χ2v) is 6.54. The molecule has 174 valence electrons. The first-order valence-electron chi connectivity index (χ1n) is 9.69. The Morgan fingerprint density at radius 1 is 1.00 bits per heavy atom. The van der Waals surface area contributed by atoms with Crippen molar-refractivity contribution in [2.24, 2.45) is 0 Å². The lowest BCUT2D eigenvalue weighted by Crippen LogP contribution is -2.37. The van der Waals surface area contributed by atoms with Crippen LogP contribution in [0.2, 0.25) is 0 Å². The fraction of sp³-hybridized carbons (Fsp3) is 0.364. The van der Waals surface area contributed by atoms with Crippen LogP contribution in [-0.2, 0) is 9.53 Å². The number of amides is 2. The number of para-hydroxylation sites is 2. The van der Waals surface area contributed by atoms with Crippen LogP contribution in [-0.4, -0.2) is 70.8 Å². The van der Waals surface area contributed by atoms with Gasteiger partial charge in [0.15, 0.2) is 18.1 Å². The SMILES string of the molecule is COCCN(CC(F)F)C(=O)c1ccc(OCC(=O)Nc2ccccc2OC)c(OC)c1. The summed E-state index contributed by atoms with van der Waals surface area (Å²) in [5.41, 5.74) is 0.635. The van der Waals surface area contributed by atoms with Gasteiger partial charge in [0.2, 0.25) is 0 Å². The topological polar surface area (TPSA) is 86.3 Å². The summed E-state index contributed by atoms with van der Waals surface area (Å²) in [6.45, 7) is -0.902. The zero-order valence-electron chi connectivity index (χ0n) is 18.1. The van der Waals surface area contributed by atoms with Gasteiger partial charge in [-0.2, -0.15) is 0 Å². The third-order valence-electron chi connectivity index (χ3n) is 4.36. The number of hydrogen-bond donors (Lipinski definition) is 1. The summed E-state index contributed by atoms with van der Waals surface area (Å²) in [4.78, 5) is 25.9. The highest BCUT2D eigenvalue weighted by molar-refractivity contribution is 5.95. The minimum atomic E-state index is -2.68. The van der Waals surface area contributed by atoms with E-state index in [0.29, 0.717) is 11.4 Å². The quantitative estimate of drug-likeness (QED) is 0.533. The lowest BCUT2D eigenvalue weighted by molar-refractivity contribution is -0.118. The highest BCUT2D eigenvalue weighted by Gasteiger charge is 2.21. The number of halogens is 2. The second-order valence-electron chi connectivity index (χ2n) is 6.54. The van der Waals surface area contributed by atoms with Gasteiger partial charge in [0.1, 0.15) is 5.75 Å². The summed E-state index contributed by atoms with van der Waals surface area (Å²) < 4.78 is 46.5. The average molecular weight is 452 g/mol. The number of nitrogens with zero attached hydrogens (tertiary/aromatic N) is 1. The molecule has 1 N–H and O–H groups in total. The van der Waals surface area contributed by atoms with E-state index in [-0.39, 0.29) is 36.8 Å². The van der Waals surface area contributed by atoms with E-state index in [4.69, 9.17) is 18.9 Å². The summed E-state index contributed by atoms with van der Waals surface area (Å²) in [6, 6.07) is 11.2. The highest BCUT2D eigenvalue weighted by atomic mass is 19.3. The molecule has 0 aliphatic heterocycles. The number of nitrogens with one attached hydrogen (secondary N) is 1. The summed E-state index contributed by atoms with van der Waals surface area (Å²) in [6.07, 6.45) is -2.68. The first-order valence-corrected chi connectivity index (χ1v) is 9.69. The monoisotopic (exact) mass is 452 g/mol. The molecule has 0 aliphatic carbocycles. The first kappa shape index (κ1) is 24.9. The smallest absolute Gasteiger partial charge is 0.262 e. The third-order valence-corrected chi connectivity index (χ3v) is 4.36. The fourth-order valence-corrected chi connectivity index (χ4v) is 2.82. The average Bonchev–Trinajstić information content (AvgIpc) is 2.79. The van der Waals surface area contributed by atoms with Gasteiger partial charge in [0.25, 0.3) is 18.2 Å². The van der Waals surface area contributed by atoms with Crippen molar-refractivity contribution < 1.29 is 37.3 Å². The van der Waals surface area contributed by atoms with E-state index in [0.717, 1.165) is 4.90 Å². The maximum Gasteiger partial charge on any atom is 0.262 e. The van der Waals surface area contributed by atoms with Gasteiger partial charge >= 0.3 is 0 Å². The van der Waals surface area contributed by atoms with E-state index < -0.39 is 24.8 Å². The molecule has 0 saturated heterocycles. The first-order chi connectivity index (χ1) is 15.4. The van der Waals surface area contributed by atoms with Gasteiger partial charge < -0.3 is 29.2 Å². The van der Waals surface area contributed by atoms with Crippen LogP contribution in [0.3, 0.4) is 0 Å². The number of benzene rings is 2. The van der Waals surface area contributed by atoms with Gasteiger partial charge in [-0.1, -0.05) is 12.1 Å². The van der Waals surface area contributed by atoms with Crippen molar-refractivity contribution in [1.82, 2.24) is 4.90 Å². The number of carbonyl (C=O) groups is 2. The highest BCUT2D eigenvalue weighted by Crippen LogP contribution is 2.29. The maximum absolute atomic E-state index is 12.9. The Kier molecular flexibility index (Phi) is 9.68. The molecule has 0 unspecified atom stereocenters. The van der Waals surface area contributed by atoms with E-state index in [1.165, 1.54) is 39.5 Å². The molecule has 0 fully saturated rings. The number of alkyl halides is 2. The number of methoxy groups -OCH3 is 3. The maximum atomic E-state index is 12.9. The molecule has 0 aliphatic rings. The molecule has 0 bridgehead atoms. The van der Waals surface area contributed by atoms with Crippen molar-refractivity contribution in [3.05, 3.63) is 48.0 Å². The van der Waals surface area contributed by atoms with Crippen molar-refractivity contribution in [2.45, 2.75) is 6.43 Å². The molecular formula is C22H26F2N2O6. The van der Waals surface area contributed by atoms with Crippen molar-refractivity contribution in [3.63, 3.8) is 0 Å². The summed E-state index contributed by atoms with van der Waals surface area (Å²) in [5.74, 6) is -0.121. The van der Waals surface area contributed by atoms with Gasteiger partial charge in [-0.25, -0.2) is 8.78 Å². The van der Waals surface area contributed by atoms with Crippen LogP contribution in [0, 0.1) is 0 Å². The van der Waals surface area contributed by atoms with Gasteiger partial charge in [-0.3, -0.25) is 9.59 Å². The van der Waals surface area contributed by atoms with Crippen molar-refractivity contribution >= 4 is 17.5 Å². The number of hydrogen-bond acceptors (Lipinski definition) is 6. The van der Waals surface area contributed by atoms with Gasteiger partial charge in [-0.15, -0.1) is 0 Å². The van der Waals surface area contributed by atoms with E-state index in [1.54, 1.807) is 24.3 Å². The van der Waals surface area contributed by atoms with Gasteiger partial charge in [0.05, 0.1) is 33.1 Å². The lowest BCUT2D eigenvalue weighted by atomic mass is 10.1. The van der Waals surface area contributed by atoms with Gasteiger partial charge in [0, 0.05) is 19.2 Å². The van der Waals surface area contributed by atoms with Crippen LogP contribution < -0.4 is 19.5 Å². The summed E-state index contributed by atoms with van der Waals surface area (Å²) in [5, 5.41) is 2.68. The van der Waals surface area contributed by atoms with E-state index >= 15 is 0 Å². The molecule has 0 spiro atoms. The molecule has 2 aromatic carbocycles. The number of rotatable bonds is 12. The van der Waals surface area contributed by atoms with E-state index in [2.05, 4.69) is 5.32 Å². The van der Waals surface area contributed by atoms with E-state index in [1.807, 2.05) is 0 Å². The van der Waals surface area contributed by atoms with Crippen LogP contribution in [0.15, 0.2) is 42.5 Å². The lowest BCUT2D eigenvalue weighted by Gasteiger charge is -2.22. The Hall–Kier alpha value is -3.40. The Morgan fingerprint density at radius 2 is 1.72 bits per heavy atom. The standard InChI is InChI=1S/C22H26F2N2O6/c1-29-11-10-26(13-20(23)24)22(28)15-8-9-18(19(12-15)31-3)32-14-21(27)25-16-6-4-5-7-17(16)30-2/h4-9,12,20H,10-11,13-14H2,1-3H3,(H,25,27). The molecule has 0 aromatic heterocycles. The molecule has 0 atom stereocenters. The molecule has 8 nitrogen and oxygen atoms in total. The molecule has 32 heavy (non-hydrogen) atoms. The molecule has 2 aromatic rings. The number of ether oxygens (including phenoxy) is 4. The van der Waals surface area contributed by atoms with Crippen LogP contribution in [0.5, 0.6) is 17.2 Å². The Labute approximate surface area is 185 Å². The predicted molar refractivity (Wildman–Crippen MR) is 114 cm³/mol. The molecular weight excluding hydrogens is 426 g/mol.